The average Bonchev–Trinajstić information content (AvgIpc) is 3.27. The van der Waals surface area contributed by atoms with E-state index in [1.54, 1.807) is 13.2 Å². The van der Waals surface area contributed by atoms with Crippen LogP contribution in [-0.2, 0) is 13.1 Å². The molecule has 3 heterocycles. The Bertz CT molecular complexity index is 720. The van der Waals surface area contributed by atoms with Crippen LogP contribution in [0.3, 0.4) is 0 Å². The Morgan fingerprint density at radius 3 is 2.75 bits per heavy atom. The van der Waals surface area contributed by atoms with Gasteiger partial charge in [-0.3, -0.25) is 9.67 Å². The number of pyridine rings is 1. The number of rotatable bonds is 8. The zero-order valence-corrected chi connectivity index (χ0v) is 17.0. The summed E-state index contributed by atoms with van der Waals surface area (Å²) in [7, 11) is 1.80. The number of aromatic nitrogens is 3. The molecule has 8 nitrogen and oxygen atoms in total. The largest absolute Gasteiger partial charge is 0.356 e. The van der Waals surface area contributed by atoms with Crippen LogP contribution in [0.15, 0.2) is 41.8 Å². The van der Waals surface area contributed by atoms with Crippen molar-refractivity contribution in [1.82, 2.24) is 30.3 Å². The number of likely N-dealkylation sites (N-methyl/N-ethyl adjacent to an activating group) is 1. The van der Waals surface area contributed by atoms with Crippen LogP contribution in [0.1, 0.15) is 18.9 Å². The summed E-state index contributed by atoms with van der Waals surface area (Å²) in [6.45, 7) is 10.1. The smallest absolute Gasteiger partial charge is 0.191 e. The highest BCUT2D eigenvalue weighted by molar-refractivity contribution is 5.79. The Morgan fingerprint density at radius 2 is 2.04 bits per heavy atom. The van der Waals surface area contributed by atoms with Crippen LogP contribution in [0.4, 0.5) is 5.82 Å². The molecule has 0 amide bonds. The summed E-state index contributed by atoms with van der Waals surface area (Å²) >= 11 is 0. The molecule has 152 valence electrons. The molecule has 1 aliphatic rings. The summed E-state index contributed by atoms with van der Waals surface area (Å²) in [4.78, 5) is 13.7. The maximum Gasteiger partial charge on any atom is 0.191 e. The maximum absolute atomic E-state index is 4.57. The van der Waals surface area contributed by atoms with E-state index < -0.39 is 0 Å². The SMILES string of the molecule is CCN1CCN(c2cc(CNC(=NC)NCCCn3cccn3)ccn2)CC1. The van der Waals surface area contributed by atoms with E-state index in [4.69, 9.17) is 0 Å². The highest BCUT2D eigenvalue weighted by Gasteiger charge is 2.16. The molecular formula is C20H32N8. The first kappa shape index (κ1) is 20.1. The molecule has 2 aromatic heterocycles. The number of nitrogens with zero attached hydrogens (tertiary/aromatic N) is 6. The van der Waals surface area contributed by atoms with Crippen molar-refractivity contribution in [2.75, 3.05) is 51.2 Å². The highest BCUT2D eigenvalue weighted by Crippen LogP contribution is 2.15. The van der Waals surface area contributed by atoms with Gasteiger partial charge in [-0.25, -0.2) is 4.98 Å². The molecular weight excluding hydrogens is 352 g/mol. The number of hydrogen-bond acceptors (Lipinski definition) is 5. The number of aliphatic imine (C=N–C) groups is 1. The lowest BCUT2D eigenvalue weighted by atomic mass is 10.2. The second kappa shape index (κ2) is 10.7. The van der Waals surface area contributed by atoms with Crippen molar-refractivity contribution in [2.24, 2.45) is 4.99 Å². The molecule has 0 atom stereocenters. The van der Waals surface area contributed by atoms with E-state index in [2.05, 4.69) is 54.6 Å². The summed E-state index contributed by atoms with van der Waals surface area (Å²) < 4.78 is 1.94. The quantitative estimate of drug-likeness (QED) is 0.404. The number of hydrogen-bond donors (Lipinski definition) is 2. The van der Waals surface area contributed by atoms with E-state index >= 15 is 0 Å². The van der Waals surface area contributed by atoms with Crippen molar-refractivity contribution >= 4 is 11.8 Å². The Morgan fingerprint density at radius 1 is 1.18 bits per heavy atom. The molecule has 3 rings (SSSR count). The van der Waals surface area contributed by atoms with Gasteiger partial charge in [-0.15, -0.1) is 0 Å². The molecule has 0 bridgehead atoms. The topological polar surface area (TPSA) is 73.6 Å². The Hall–Kier alpha value is -2.61. The van der Waals surface area contributed by atoms with Crippen LogP contribution in [0, 0.1) is 0 Å². The lowest BCUT2D eigenvalue weighted by molar-refractivity contribution is 0.270. The van der Waals surface area contributed by atoms with Crippen molar-refractivity contribution in [2.45, 2.75) is 26.4 Å². The van der Waals surface area contributed by atoms with Gasteiger partial charge in [0.2, 0.25) is 0 Å². The van der Waals surface area contributed by atoms with Crippen molar-refractivity contribution in [3.05, 3.63) is 42.4 Å². The molecule has 0 unspecified atom stereocenters. The van der Waals surface area contributed by atoms with E-state index in [0.29, 0.717) is 0 Å². The molecule has 8 heteroatoms. The fourth-order valence-corrected chi connectivity index (χ4v) is 3.32. The number of guanidine groups is 1. The average molecular weight is 385 g/mol. The first-order valence-electron chi connectivity index (χ1n) is 10.1. The van der Waals surface area contributed by atoms with Crippen LogP contribution in [-0.4, -0.2) is 71.9 Å². The van der Waals surface area contributed by atoms with E-state index in [1.165, 1.54) is 5.56 Å². The second-order valence-corrected chi connectivity index (χ2v) is 6.92. The third-order valence-corrected chi connectivity index (χ3v) is 5.05. The number of nitrogens with one attached hydrogen (secondary N) is 2. The van der Waals surface area contributed by atoms with E-state index in [-0.39, 0.29) is 0 Å². The van der Waals surface area contributed by atoms with E-state index in [9.17, 15) is 0 Å². The molecule has 2 N–H and O–H groups in total. The van der Waals surface area contributed by atoms with Gasteiger partial charge in [-0.2, -0.15) is 5.10 Å². The molecule has 0 aromatic carbocycles. The normalized spacial score (nSPS) is 15.6. The summed E-state index contributed by atoms with van der Waals surface area (Å²) in [6.07, 6.45) is 6.68. The fraction of sp³-hybridized carbons (Fsp3) is 0.550. The van der Waals surface area contributed by atoms with Crippen LogP contribution < -0.4 is 15.5 Å². The van der Waals surface area contributed by atoms with Crippen LogP contribution >= 0.6 is 0 Å². The Kier molecular flexibility index (Phi) is 7.66. The first-order valence-corrected chi connectivity index (χ1v) is 10.1. The molecule has 0 spiro atoms. The predicted octanol–water partition coefficient (Wildman–Crippen LogP) is 1.18. The van der Waals surface area contributed by atoms with Gasteiger partial charge < -0.3 is 20.4 Å². The predicted molar refractivity (Wildman–Crippen MR) is 114 cm³/mol. The number of aryl methyl sites for hydroxylation is 1. The molecule has 0 saturated carbocycles. The van der Waals surface area contributed by atoms with E-state index in [1.807, 2.05) is 23.1 Å². The Balaban J connectivity index is 1.43. The van der Waals surface area contributed by atoms with Crippen molar-refractivity contribution in [3.63, 3.8) is 0 Å². The highest BCUT2D eigenvalue weighted by atomic mass is 15.3. The van der Waals surface area contributed by atoms with Gasteiger partial charge in [0.1, 0.15) is 5.82 Å². The van der Waals surface area contributed by atoms with Gasteiger partial charge in [0.15, 0.2) is 5.96 Å². The fourth-order valence-electron chi connectivity index (χ4n) is 3.32. The minimum absolute atomic E-state index is 0.725. The molecule has 1 fully saturated rings. The second-order valence-electron chi connectivity index (χ2n) is 6.92. The zero-order chi connectivity index (χ0) is 19.6. The van der Waals surface area contributed by atoms with Crippen molar-refractivity contribution in [1.29, 1.82) is 0 Å². The molecule has 1 aliphatic heterocycles. The lowest BCUT2D eigenvalue weighted by Crippen LogP contribution is -2.46. The lowest BCUT2D eigenvalue weighted by Gasteiger charge is -2.34. The minimum atomic E-state index is 0.725. The monoisotopic (exact) mass is 384 g/mol. The van der Waals surface area contributed by atoms with Crippen LogP contribution in [0.5, 0.6) is 0 Å². The summed E-state index contributed by atoms with van der Waals surface area (Å²) in [6, 6.07) is 6.18. The third kappa shape index (κ3) is 5.95. The zero-order valence-electron chi connectivity index (χ0n) is 17.0. The molecule has 2 aromatic rings. The van der Waals surface area contributed by atoms with Crippen LogP contribution in [0.2, 0.25) is 0 Å². The first-order chi connectivity index (χ1) is 13.8. The molecule has 1 saturated heterocycles. The van der Waals surface area contributed by atoms with Gasteiger partial charge >= 0.3 is 0 Å². The minimum Gasteiger partial charge on any atom is -0.356 e. The van der Waals surface area contributed by atoms with Crippen LogP contribution in [0.25, 0.3) is 0 Å². The van der Waals surface area contributed by atoms with Gasteiger partial charge in [0.05, 0.1) is 0 Å². The number of anilines is 1. The van der Waals surface area contributed by atoms with Crippen molar-refractivity contribution < 1.29 is 0 Å². The summed E-state index contributed by atoms with van der Waals surface area (Å²) in [5.41, 5.74) is 1.21. The van der Waals surface area contributed by atoms with Gasteiger partial charge in [0, 0.05) is 71.5 Å². The molecule has 0 radical (unpaired) electrons. The van der Waals surface area contributed by atoms with Gasteiger partial charge in [0.25, 0.3) is 0 Å². The molecule has 0 aliphatic carbocycles. The maximum atomic E-state index is 4.57. The third-order valence-electron chi connectivity index (χ3n) is 5.05. The summed E-state index contributed by atoms with van der Waals surface area (Å²) in [5.74, 6) is 1.88. The van der Waals surface area contributed by atoms with E-state index in [0.717, 1.165) is 70.6 Å². The number of piperazine rings is 1. The summed E-state index contributed by atoms with van der Waals surface area (Å²) in [5, 5.41) is 11.0. The van der Waals surface area contributed by atoms with Crippen molar-refractivity contribution in [3.8, 4) is 0 Å². The van der Waals surface area contributed by atoms with Gasteiger partial charge in [-0.1, -0.05) is 6.92 Å². The van der Waals surface area contributed by atoms with Gasteiger partial charge in [-0.05, 0) is 36.7 Å². The Labute approximate surface area is 167 Å². The standard InChI is InChI=1S/C20H32N8/c1-3-26-12-14-27(15-13-26)19-16-18(6-9-22-19)17-24-20(21-2)23-7-4-10-28-11-5-8-25-28/h5-6,8-9,11,16H,3-4,7,10,12-15,17H2,1-2H3,(H2,21,23,24). The molecule has 28 heavy (non-hydrogen) atoms.